The SMILES string of the molecule is S=c1cc(C2CCCC2)[nH]n1CCCOc1ccccc1. The molecule has 3 nitrogen and oxygen atoms in total. The van der Waals surface area contributed by atoms with Crippen molar-refractivity contribution in [2.24, 2.45) is 0 Å². The number of benzene rings is 1. The van der Waals surface area contributed by atoms with Gasteiger partial charge in [0.05, 0.1) is 6.61 Å². The average Bonchev–Trinajstić information content (AvgIpc) is 3.15. The Bertz CT molecular complexity index is 611. The lowest BCUT2D eigenvalue weighted by Gasteiger charge is -2.08. The van der Waals surface area contributed by atoms with Crippen molar-refractivity contribution in [3.63, 3.8) is 0 Å². The zero-order valence-corrected chi connectivity index (χ0v) is 13.1. The summed E-state index contributed by atoms with van der Waals surface area (Å²) in [5, 5.41) is 3.48. The Morgan fingerprint density at radius 1 is 1.19 bits per heavy atom. The smallest absolute Gasteiger partial charge is 0.122 e. The van der Waals surface area contributed by atoms with E-state index in [1.54, 1.807) is 0 Å². The molecule has 1 aliphatic carbocycles. The minimum atomic E-state index is 0.688. The molecule has 112 valence electrons. The Kier molecular flexibility index (Phi) is 4.76. The van der Waals surface area contributed by atoms with Crippen LogP contribution in [-0.2, 0) is 6.54 Å². The third-order valence-electron chi connectivity index (χ3n) is 4.14. The summed E-state index contributed by atoms with van der Waals surface area (Å²) in [4.78, 5) is 0. The van der Waals surface area contributed by atoms with Crippen molar-refractivity contribution in [2.75, 3.05) is 6.61 Å². The third-order valence-corrected chi connectivity index (χ3v) is 4.48. The minimum absolute atomic E-state index is 0.688. The Hall–Kier alpha value is -1.55. The summed E-state index contributed by atoms with van der Waals surface area (Å²) < 4.78 is 8.71. The van der Waals surface area contributed by atoms with Crippen LogP contribution in [-0.4, -0.2) is 16.4 Å². The molecule has 21 heavy (non-hydrogen) atoms. The second-order valence-corrected chi connectivity index (χ2v) is 6.12. The highest BCUT2D eigenvalue weighted by Crippen LogP contribution is 2.33. The van der Waals surface area contributed by atoms with Gasteiger partial charge in [-0.15, -0.1) is 0 Å². The van der Waals surface area contributed by atoms with Crippen molar-refractivity contribution >= 4 is 12.2 Å². The van der Waals surface area contributed by atoms with Gasteiger partial charge in [-0.05, 0) is 31.0 Å². The predicted octanol–water partition coefficient (Wildman–Crippen LogP) is 4.67. The van der Waals surface area contributed by atoms with E-state index in [0.717, 1.165) is 23.4 Å². The number of nitrogens with zero attached hydrogens (tertiary/aromatic N) is 1. The topological polar surface area (TPSA) is 29.9 Å². The second-order valence-electron chi connectivity index (χ2n) is 5.70. The molecule has 2 aromatic rings. The van der Waals surface area contributed by atoms with Crippen LogP contribution in [0.15, 0.2) is 36.4 Å². The molecule has 0 bridgehead atoms. The monoisotopic (exact) mass is 302 g/mol. The van der Waals surface area contributed by atoms with Crippen LogP contribution in [0.1, 0.15) is 43.7 Å². The zero-order valence-electron chi connectivity index (χ0n) is 12.3. The first-order chi connectivity index (χ1) is 10.3. The van der Waals surface area contributed by atoms with Gasteiger partial charge < -0.3 is 9.84 Å². The fourth-order valence-corrected chi connectivity index (χ4v) is 3.26. The fraction of sp³-hybridized carbons (Fsp3) is 0.471. The second kappa shape index (κ2) is 6.94. The number of para-hydroxylation sites is 1. The molecule has 1 fully saturated rings. The van der Waals surface area contributed by atoms with Gasteiger partial charge in [-0.2, -0.15) is 0 Å². The molecule has 1 aromatic heterocycles. The largest absolute Gasteiger partial charge is 0.494 e. The van der Waals surface area contributed by atoms with E-state index in [1.807, 2.05) is 30.3 Å². The van der Waals surface area contributed by atoms with E-state index in [0.29, 0.717) is 12.5 Å². The summed E-state index contributed by atoms with van der Waals surface area (Å²) >= 11 is 5.44. The first-order valence-electron chi connectivity index (χ1n) is 7.80. The quantitative estimate of drug-likeness (QED) is 0.620. The van der Waals surface area contributed by atoms with Crippen LogP contribution in [0.3, 0.4) is 0 Å². The predicted molar refractivity (Wildman–Crippen MR) is 87.4 cm³/mol. The van der Waals surface area contributed by atoms with Gasteiger partial charge in [0, 0.05) is 24.6 Å². The van der Waals surface area contributed by atoms with Crippen molar-refractivity contribution in [1.29, 1.82) is 0 Å². The lowest BCUT2D eigenvalue weighted by Crippen LogP contribution is -2.06. The molecule has 0 aliphatic heterocycles. The molecule has 1 saturated carbocycles. The zero-order chi connectivity index (χ0) is 14.5. The normalized spacial score (nSPS) is 15.4. The van der Waals surface area contributed by atoms with Crippen molar-refractivity contribution in [3.8, 4) is 5.75 Å². The highest BCUT2D eigenvalue weighted by atomic mass is 32.1. The van der Waals surface area contributed by atoms with Gasteiger partial charge >= 0.3 is 0 Å². The number of aromatic amines is 1. The summed E-state index contributed by atoms with van der Waals surface area (Å²) in [6, 6.07) is 12.1. The van der Waals surface area contributed by atoms with Crippen molar-refractivity contribution in [1.82, 2.24) is 9.78 Å². The third kappa shape index (κ3) is 3.76. The number of aryl methyl sites for hydroxylation is 1. The first-order valence-corrected chi connectivity index (χ1v) is 8.21. The van der Waals surface area contributed by atoms with Gasteiger partial charge in [0.2, 0.25) is 0 Å². The summed E-state index contributed by atoms with van der Waals surface area (Å²) in [5.41, 5.74) is 1.32. The van der Waals surface area contributed by atoms with E-state index in [-0.39, 0.29) is 0 Å². The Morgan fingerprint density at radius 3 is 2.71 bits per heavy atom. The number of rotatable bonds is 6. The van der Waals surface area contributed by atoms with Gasteiger partial charge in [0.25, 0.3) is 0 Å². The van der Waals surface area contributed by atoms with Crippen molar-refractivity contribution < 1.29 is 4.74 Å². The summed E-state index contributed by atoms with van der Waals surface area (Å²) in [7, 11) is 0. The van der Waals surface area contributed by atoms with Crippen LogP contribution in [0.5, 0.6) is 5.75 Å². The maximum Gasteiger partial charge on any atom is 0.122 e. The maximum absolute atomic E-state index is 5.71. The molecule has 0 saturated heterocycles. The first kappa shape index (κ1) is 14.4. The number of hydrogen-bond donors (Lipinski definition) is 1. The molecule has 1 aromatic carbocycles. The van der Waals surface area contributed by atoms with E-state index in [4.69, 9.17) is 17.0 Å². The molecule has 0 atom stereocenters. The summed E-state index contributed by atoms with van der Waals surface area (Å²) in [5.74, 6) is 1.62. The van der Waals surface area contributed by atoms with Crippen LogP contribution < -0.4 is 4.74 Å². The molecule has 4 heteroatoms. The van der Waals surface area contributed by atoms with Gasteiger partial charge in [-0.25, -0.2) is 0 Å². The average molecular weight is 302 g/mol. The van der Waals surface area contributed by atoms with E-state index in [1.165, 1.54) is 31.4 Å². The van der Waals surface area contributed by atoms with Crippen LogP contribution in [0.25, 0.3) is 0 Å². The minimum Gasteiger partial charge on any atom is -0.494 e. The molecule has 0 radical (unpaired) electrons. The van der Waals surface area contributed by atoms with Crippen molar-refractivity contribution in [2.45, 2.75) is 44.6 Å². The van der Waals surface area contributed by atoms with Gasteiger partial charge in [-0.3, -0.25) is 4.68 Å². The molecule has 1 heterocycles. The molecule has 0 amide bonds. The van der Waals surface area contributed by atoms with Crippen LogP contribution in [0.2, 0.25) is 0 Å². The number of ether oxygens (including phenoxy) is 1. The van der Waals surface area contributed by atoms with Crippen LogP contribution >= 0.6 is 12.2 Å². The number of H-pyrrole nitrogens is 1. The number of hydrogen-bond acceptors (Lipinski definition) is 2. The molecule has 1 N–H and O–H groups in total. The molecule has 0 unspecified atom stereocenters. The number of aromatic nitrogens is 2. The Morgan fingerprint density at radius 2 is 1.95 bits per heavy atom. The van der Waals surface area contributed by atoms with Gasteiger partial charge in [0.1, 0.15) is 10.4 Å². The highest BCUT2D eigenvalue weighted by Gasteiger charge is 2.18. The lowest BCUT2D eigenvalue weighted by atomic mass is 10.1. The molecule has 3 rings (SSSR count). The molecular formula is C17H22N2OS. The van der Waals surface area contributed by atoms with Crippen LogP contribution in [0.4, 0.5) is 0 Å². The standard InChI is InChI=1S/C17H22N2OS/c21-17-13-16(14-7-4-5-8-14)18-19(17)11-6-12-20-15-9-2-1-3-10-15/h1-3,9-10,13-14,18H,4-8,11-12H2. The van der Waals surface area contributed by atoms with Crippen LogP contribution in [0, 0.1) is 4.64 Å². The van der Waals surface area contributed by atoms with E-state index in [2.05, 4.69) is 15.8 Å². The Labute approximate surface area is 130 Å². The Balaban J connectivity index is 1.50. The molecule has 0 spiro atoms. The van der Waals surface area contributed by atoms with E-state index >= 15 is 0 Å². The molecule has 1 aliphatic rings. The molecular weight excluding hydrogens is 280 g/mol. The maximum atomic E-state index is 5.71. The fourth-order valence-electron chi connectivity index (χ4n) is 3.00. The lowest BCUT2D eigenvalue weighted by molar-refractivity contribution is 0.298. The number of nitrogens with one attached hydrogen (secondary N) is 1. The van der Waals surface area contributed by atoms with E-state index in [9.17, 15) is 0 Å². The summed E-state index contributed by atoms with van der Waals surface area (Å²) in [6.07, 6.45) is 6.25. The van der Waals surface area contributed by atoms with Gasteiger partial charge in [0.15, 0.2) is 0 Å². The van der Waals surface area contributed by atoms with Gasteiger partial charge in [-0.1, -0.05) is 43.3 Å². The highest BCUT2D eigenvalue weighted by molar-refractivity contribution is 7.71. The summed E-state index contributed by atoms with van der Waals surface area (Å²) in [6.45, 7) is 1.60. The van der Waals surface area contributed by atoms with Crippen molar-refractivity contribution in [3.05, 3.63) is 46.7 Å². The van der Waals surface area contributed by atoms with E-state index < -0.39 is 0 Å².